The van der Waals surface area contributed by atoms with Gasteiger partial charge in [0.15, 0.2) is 5.78 Å². The van der Waals surface area contributed by atoms with Gasteiger partial charge in [0.05, 0.1) is 9.90 Å². The second-order valence-electron chi connectivity index (χ2n) is 4.15. The number of aryl methyl sites for hydroxylation is 2. The highest BCUT2D eigenvalue weighted by Gasteiger charge is 2.14. The molecule has 0 bridgehead atoms. The fourth-order valence-corrected chi connectivity index (χ4v) is 2.94. The van der Waals surface area contributed by atoms with Crippen molar-refractivity contribution in [2.24, 2.45) is 0 Å². The smallest absolute Gasteiger partial charge is 0.178 e. The fourth-order valence-electron chi connectivity index (χ4n) is 1.71. The Morgan fingerprint density at radius 2 is 2.12 bits per heavy atom. The molecule has 0 N–H and O–H groups in total. The molecule has 0 atom stereocenters. The van der Waals surface area contributed by atoms with E-state index in [1.54, 1.807) is 0 Å². The molecule has 17 heavy (non-hydrogen) atoms. The number of thiophene rings is 1. The minimum absolute atomic E-state index is 0.0960. The highest BCUT2D eigenvalue weighted by Crippen LogP contribution is 2.28. The van der Waals surface area contributed by atoms with Crippen LogP contribution in [0.4, 0.5) is 0 Å². The topological polar surface area (TPSA) is 17.1 Å². The van der Waals surface area contributed by atoms with Gasteiger partial charge < -0.3 is 0 Å². The van der Waals surface area contributed by atoms with Crippen LogP contribution < -0.4 is 0 Å². The standard InChI is InChI=1S/C14H13ClOS/c1-9-4-3-5-11(6-9)7-12(16)14-13(15)10(2)8-17-14/h3-6,8H,7H2,1-2H3. The van der Waals surface area contributed by atoms with Crippen LogP contribution in [0, 0.1) is 13.8 Å². The second kappa shape index (κ2) is 5.03. The molecule has 1 nitrogen and oxygen atoms in total. The van der Waals surface area contributed by atoms with E-state index < -0.39 is 0 Å². The van der Waals surface area contributed by atoms with Crippen LogP contribution in [0.15, 0.2) is 29.6 Å². The van der Waals surface area contributed by atoms with Crippen LogP contribution in [0.2, 0.25) is 5.02 Å². The summed E-state index contributed by atoms with van der Waals surface area (Å²) >= 11 is 7.52. The molecule has 0 spiro atoms. The van der Waals surface area contributed by atoms with Gasteiger partial charge in [-0.3, -0.25) is 4.79 Å². The largest absolute Gasteiger partial charge is 0.293 e. The molecule has 0 amide bonds. The van der Waals surface area contributed by atoms with Gasteiger partial charge >= 0.3 is 0 Å². The average molecular weight is 265 g/mol. The molecule has 0 saturated carbocycles. The molecule has 2 aromatic rings. The molecule has 0 saturated heterocycles. The van der Waals surface area contributed by atoms with Crippen molar-refractivity contribution in [3.8, 4) is 0 Å². The Morgan fingerprint density at radius 3 is 2.71 bits per heavy atom. The van der Waals surface area contributed by atoms with Crippen molar-refractivity contribution in [3.63, 3.8) is 0 Å². The summed E-state index contributed by atoms with van der Waals surface area (Å²) in [4.78, 5) is 12.8. The molecular formula is C14H13ClOS. The molecule has 1 aromatic carbocycles. The van der Waals surface area contributed by atoms with Gasteiger partial charge in [0.1, 0.15) is 0 Å². The van der Waals surface area contributed by atoms with E-state index in [9.17, 15) is 4.79 Å². The molecule has 0 aliphatic carbocycles. The summed E-state index contributed by atoms with van der Waals surface area (Å²) in [5, 5.41) is 2.53. The van der Waals surface area contributed by atoms with Crippen LogP contribution in [0.5, 0.6) is 0 Å². The van der Waals surface area contributed by atoms with Crippen molar-refractivity contribution in [1.82, 2.24) is 0 Å². The van der Waals surface area contributed by atoms with Crippen LogP contribution in [-0.2, 0) is 6.42 Å². The number of ketones is 1. The van der Waals surface area contributed by atoms with Gasteiger partial charge in [-0.15, -0.1) is 11.3 Å². The highest BCUT2D eigenvalue weighted by molar-refractivity contribution is 7.13. The third-order valence-electron chi connectivity index (χ3n) is 2.60. The van der Waals surface area contributed by atoms with Gasteiger partial charge in [-0.05, 0) is 30.4 Å². The lowest BCUT2D eigenvalue weighted by Crippen LogP contribution is -2.02. The van der Waals surface area contributed by atoms with Crippen LogP contribution >= 0.6 is 22.9 Å². The molecule has 3 heteroatoms. The first-order valence-corrected chi connectivity index (χ1v) is 6.66. The van der Waals surface area contributed by atoms with Crippen molar-refractivity contribution < 1.29 is 4.79 Å². The first kappa shape index (κ1) is 12.3. The predicted octanol–water partition coefficient (Wildman–Crippen LogP) is 4.44. The number of carbonyl (C=O) groups excluding carboxylic acids is 1. The monoisotopic (exact) mass is 264 g/mol. The van der Waals surface area contributed by atoms with Gasteiger partial charge in [-0.2, -0.15) is 0 Å². The van der Waals surface area contributed by atoms with E-state index in [1.807, 2.05) is 43.5 Å². The number of benzene rings is 1. The SMILES string of the molecule is Cc1cccc(CC(=O)c2scc(C)c2Cl)c1. The maximum absolute atomic E-state index is 12.1. The number of hydrogen-bond donors (Lipinski definition) is 0. The summed E-state index contributed by atoms with van der Waals surface area (Å²) in [7, 11) is 0. The van der Waals surface area contributed by atoms with Crippen molar-refractivity contribution in [2.75, 3.05) is 0 Å². The van der Waals surface area contributed by atoms with E-state index >= 15 is 0 Å². The third kappa shape index (κ3) is 2.76. The molecule has 0 aliphatic rings. The number of rotatable bonds is 3. The molecular weight excluding hydrogens is 252 g/mol. The molecule has 1 aromatic heterocycles. The molecule has 88 valence electrons. The van der Waals surface area contributed by atoms with Crippen LogP contribution in [0.3, 0.4) is 0 Å². The second-order valence-corrected chi connectivity index (χ2v) is 5.41. The van der Waals surface area contributed by atoms with Crippen molar-refractivity contribution >= 4 is 28.7 Å². The normalized spacial score (nSPS) is 10.5. The van der Waals surface area contributed by atoms with E-state index in [0.29, 0.717) is 16.3 Å². The quantitative estimate of drug-likeness (QED) is 0.749. The molecule has 0 fully saturated rings. The molecule has 1 heterocycles. The maximum atomic E-state index is 12.1. The van der Waals surface area contributed by atoms with Gasteiger partial charge in [0, 0.05) is 6.42 Å². The zero-order chi connectivity index (χ0) is 12.4. The Labute approximate surface area is 110 Å². The van der Waals surface area contributed by atoms with Crippen molar-refractivity contribution in [3.05, 3.63) is 56.2 Å². The first-order chi connectivity index (χ1) is 8.08. The Morgan fingerprint density at radius 1 is 1.35 bits per heavy atom. The lowest BCUT2D eigenvalue weighted by molar-refractivity contribution is 0.0997. The molecule has 0 aliphatic heterocycles. The molecule has 0 radical (unpaired) electrons. The van der Waals surface area contributed by atoms with Crippen molar-refractivity contribution in [1.29, 1.82) is 0 Å². The van der Waals surface area contributed by atoms with Gasteiger partial charge in [0.25, 0.3) is 0 Å². The van der Waals surface area contributed by atoms with Gasteiger partial charge in [-0.1, -0.05) is 41.4 Å². The number of carbonyl (C=O) groups is 1. The van der Waals surface area contributed by atoms with E-state index in [1.165, 1.54) is 16.9 Å². The van der Waals surface area contributed by atoms with Crippen LogP contribution in [0.25, 0.3) is 0 Å². The average Bonchev–Trinajstić information content (AvgIpc) is 2.60. The summed E-state index contributed by atoms with van der Waals surface area (Å²) in [6, 6.07) is 8.00. The van der Waals surface area contributed by atoms with Crippen LogP contribution in [0.1, 0.15) is 26.4 Å². The summed E-state index contributed by atoms with van der Waals surface area (Å²) in [6.45, 7) is 3.94. The minimum atomic E-state index is 0.0960. The minimum Gasteiger partial charge on any atom is -0.293 e. The van der Waals surface area contributed by atoms with Crippen LogP contribution in [-0.4, -0.2) is 5.78 Å². The number of hydrogen-bond acceptors (Lipinski definition) is 2. The summed E-state index contributed by atoms with van der Waals surface area (Å²) in [5.74, 6) is 0.0960. The summed E-state index contributed by atoms with van der Waals surface area (Å²) < 4.78 is 0. The summed E-state index contributed by atoms with van der Waals surface area (Å²) in [5.41, 5.74) is 3.19. The molecule has 0 unspecified atom stereocenters. The Hall–Kier alpha value is -1.12. The Kier molecular flexibility index (Phi) is 3.65. The molecule has 2 rings (SSSR count). The van der Waals surface area contributed by atoms with Gasteiger partial charge in [-0.25, -0.2) is 0 Å². The lowest BCUT2D eigenvalue weighted by Gasteiger charge is -2.01. The van der Waals surface area contributed by atoms with Crippen molar-refractivity contribution in [2.45, 2.75) is 20.3 Å². The Bertz CT molecular complexity index is 557. The van der Waals surface area contributed by atoms with Gasteiger partial charge in [0.2, 0.25) is 0 Å². The Balaban J connectivity index is 2.20. The predicted molar refractivity (Wildman–Crippen MR) is 73.3 cm³/mol. The number of Topliss-reactive ketones (excluding diaryl/α,β-unsaturated/α-hetero) is 1. The van der Waals surface area contributed by atoms with E-state index in [-0.39, 0.29) is 5.78 Å². The van der Waals surface area contributed by atoms with E-state index in [4.69, 9.17) is 11.6 Å². The first-order valence-electron chi connectivity index (χ1n) is 5.40. The third-order valence-corrected chi connectivity index (χ3v) is 4.34. The lowest BCUT2D eigenvalue weighted by atomic mass is 10.1. The van der Waals surface area contributed by atoms with E-state index in [2.05, 4.69) is 0 Å². The zero-order valence-corrected chi connectivity index (χ0v) is 11.4. The van der Waals surface area contributed by atoms with E-state index in [0.717, 1.165) is 11.1 Å². The zero-order valence-electron chi connectivity index (χ0n) is 9.79. The summed E-state index contributed by atoms with van der Waals surface area (Å²) in [6.07, 6.45) is 0.418. The fraction of sp³-hybridized carbons (Fsp3) is 0.214. The number of halogens is 1. The maximum Gasteiger partial charge on any atom is 0.178 e. The highest BCUT2D eigenvalue weighted by atomic mass is 35.5.